The molecular weight excluding hydrogens is 677 g/mol. The number of ketones is 3. The molecule has 0 bridgehead atoms. The van der Waals surface area contributed by atoms with E-state index in [0.29, 0.717) is 29.4 Å². The molecule has 2 aromatic rings. The van der Waals surface area contributed by atoms with E-state index in [1.165, 1.54) is 11.1 Å². The number of Topliss-reactive ketones (excluding diaryl/α,β-unsaturated/α-hetero) is 3. The van der Waals surface area contributed by atoms with Crippen LogP contribution in [0.2, 0.25) is 0 Å². The maximum Gasteiger partial charge on any atom is 0.209 e. The first-order valence-electron chi connectivity index (χ1n) is 19.8. The number of rotatable bonds is 11. The fourth-order valence-electron chi connectivity index (χ4n) is 10.7. The quantitative estimate of drug-likeness (QED) is 0.169. The molecule has 4 N–H and O–H groups in total. The van der Waals surface area contributed by atoms with Crippen LogP contribution in [0.5, 0.6) is 5.75 Å². The predicted molar refractivity (Wildman–Crippen MR) is 212 cm³/mol. The van der Waals surface area contributed by atoms with Crippen molar-refractivity contribution in [2.45, 2.75) is 119 Å². The number of aliphatic hydroxyl groups excluding tert-OH is 2. The van der Waals surface area contributed by atoms with Crippen molar-refractivity contribution in [1.29, 1.82) is 0 Å². The SMILES string of the molecule is CC(=O)C1=C(O)C(C(C)C)[C@@]2(C)C[C@@]3(C)Cc4c(C(C)C)cc(C5=CC=C(CC(CCC(C)C)Cc6ccccc6)C5)c(O)c4C(=O)C3=C(O)[C@@]2(O)C1=O. The molecule has 5 atom stereocenters. The first kappa shape index (κ1) is 39.5. The number of allylic oxidation sites excluding steroid dienone is 6. The van der Waals surface area contributed by atoms with Crippen molar-refractivity contribution in [3.63, 3.8) is 0 Å². The maximum atomic E-state index is 14.9. The summed E-state index contributed by atoms with van der Waals surface area (Å²) in [4.78, 5) is 41.8. The third-order valence-corrected chi connectivity index (χ3v) is 13.0. The number of fused-ring (bicyclic) bond motifs is 3. The summed E-state index contributed by atoms with van der Waals surface area (Å²) in [5.41, 5.74) is -0.0231. The summed E-state index contributed by atoms with van der Waals surface area (Å²) in [6.07, 6.45) is 9.35. The van der Waals surface area contributed by atoms with Crippen LogP contribution in [0.4, 0.5) is 0 Å². The molecule has 2 unspecified atom stereocenters. The Morgan fingerprint density at radius 1 is 0.926 bits per heavy atom. The van der Waals surface area contributed by atoms with Gasteiger partial charge >= 0.3 is 0 Å². The minimum absolute atomic E-state index is 0.00442. The molecule has 4 aliphatic carbocycles. The van der Waals surface area contributed by atoms with Crippen molar-refractivity contribution in [2.24, 2.45) is 34.5 Å². The third kappa shape index (κ3) is 6.20. The normalized spacial score (nSPS) is 27.3. The highest BCUT2D eigenvalue weighted by Crippen LogP contribution is 2.65. The van der Waals surface area contributed by atoms with Crippen molar-refractivity contribution in [2.75, 3.05) is 0 Å². The van der Waals surface area contributed by atoms with Gasteiger partial charge in [0, 0.05) is 27.9 Å². The Morgan fingerprint density at radius 2 is 1.59 bits per heavy atom. The number of phenolic OH excluding ortho intramolecular Hbond substituents is 1. The maximum absolute atomic E-state index is 14.9. The minimum Gasteiger partial charge on any atom is -0.511 e. The van der Waals surface area contributed by atoms with Crippen LogP contribution in [0, 0.1) is 34.5 Å². The zero-order chi connectivity index (χ0) is 39.7. The van der Waals surface area contributed by atoms with Crippen LogP contribution in [-0.4, -0.2) is 43.4 Å². The predicted octanol–water partition coefficient (Wildman–Crippen LogP) is 9.87. The van der Waals surface area contributed by atoms with E-state index in [1.54, 1.807) is 6.92 Å². The van der Waals surface area contributed by atoms with Gasteiger partial charge in [0.1, 0.15) is 22.8 Å². The summed E-state index contributed by atoms with van der Waals surface area (Å²) in [5.74, 6) is -3.91. The first-order chi connectivity index (χ1) is 25.3. The van der Waals surface area contributed by atoms with Crippen LogP contribution in [-0.2, 0) is 22.4 Å². The molecular formula is C47H58O7. The monoisotopic (exact) mass is 734 g/mol. The van der Waals surface area contributed by atoms with Gasteiger partial charge in [0.15, 0.2) is 17.2 Å². The Balaban J connectivity index is 1.40. The summed E-state index contributed by atoms with van der Waals surface area (Å²) < 4.78 is 0. The van der Waals surface area contributed by atoms with Gasteiger partial charge < -0.3 is 20.4 Å². The molecule has 0 spiro atoms. The molecule has 0 heterocycles. The van der Waals surface area contributed by atoms with Gasteiger partial charge in [-0.3, -0.25) is 14.4 Å². The Bertz CT molecular complexity index is 2020. The van der Waals surface area contributed by atoms with Gasteiger partial charge in [0.25, 0.3) is 0 Å². The summed E-state index contributed by atoms with van der Waals surface area (Å²) in [6, 6.07) is 12.6. The van der Waals surface area contributed by atoms with Gasteiger partial charge in [-0.2, -0.15) is 0 Å². The topological polar surface area (TPSA) is 132 Å². The van der Waals surface area contributed by atoms with Crippen molar-refractivity contribution in [3.8, 4) is 5.75 Å². The standard InChI is InChI=1S/C47H58O7/c1-25(2)15-16-30(19-29-13-11-10-12-14-29)20-31-17-18-32(21-31)34-22-33(26(3)4)35-23-45(8)24-46(9)38(27(5)6)41(50)36(28(7)48)43(52)47(46,54)44(53)39(45)42(51)37(35)40(34)49/h10-14,17-18,22,25-27,30,38,49-50,53-54H,15-16,19-21,23-24H2,1-9H3/t30?,38?,45-,46-,47+/m1/s1. The molecule has 6 rings (SSSR count). The van der Waals surface area contributed by atoms with Crippen LogP contribution in [0.1, 0.15) is 133 Å². The molecule has 0 fully saturated rings. The van der Waals surface area contributed by atoms with Gasteiger partial charge in [-0.25, -0.2) is 0 Å². The Hall–Kier alpha value is -4.23. The Morgan fingerprint density at radius 3 is 2.19 bits per heavy atom. The molecule has 54 heavy (non-hydrogen) atoms. The van der Waals surface area contributed by atoms with Gasteiger partial charge in [0.2, 0.25) is 5.78 Å². The lowest BCUT2D eigenvalue weighted by molar-refractivity contribution is -0.171. The summed E-state index contributed by atoms with van der Waals surface area (Å²) in [7, 11) is 0. The largest absolute Gasteiger partial charge is 0.511 e. The summed E-state index contributed by atoms with van der Waals surface area (Å²) in [5, 5.41) is 48.2. The number of aromatic hydroxyl groups is 1. The second kappa shape index (κ2) is 14.1. The summed E-state index contributed by atoms with van der Waals surface area (Å²) >= 11 is 0. The number of phenols is 1. The lowest BCUT2D eigenvalue weighted by Crippen LogP contribution is -2.67. The average molecular weight is 735 g/mol. The number of aliphatic hydroxyl groups is 3. The van der Waals surface area contributed by atoms with E-state index in [0.717, 1.165) is 43.7 Å². The van der Waals surface area contributed by atoms with Crippen LogP contribution in [0.15, 0.2) is 76.8 Å². The Kier molecular flexibility index (Phi) is 10.3. The molecule has 4 aliphatic rings. The average Bonchev–Trinajstić information content (AvgIpc) is 3.53. The van der Waals surface area contributed by atoms with Crippen molar-refractivity contribution >= 4 is 22.9 Å². The second-order valence-corrected chi connectivity index (χ2v) is 18.3. The van der Waals surface area contributed by atoms with E-state index in [9.17, 15) is 34.8 Å². The molecule has 0 aliphatic heterocycles. The van der Waals surface area contributed by atoms with Gasteiger partial charge in [-0.05, 0) is 97.5 Å². The van der Waals surface area contributed by atoms with Crippen LogP contribution >= 0.6 is 0 Å². The lowest BCUT2D eigenvalue weighted by atomic mass is 9.44. The van der Waals surface area contributed by atoms with Crippen LogP contribution in [0.3, 0.4) is 0 Å². The van der Waals surface area contributed by atoms with E-state index < -0.39 is 51.0 Å². The second-order valence-electron chi connectivity index (χ2n) is 18.3. The zero-order valence-electron chi connectivity index (χ0n) is 33.5. The highest BCUT2D eigenvalue weighted by atomic mass is 16.3. The molecule has 0 saturated carbocycles. The van der Waals surface area contributed by atoms with E-state index in [4.69, 9.17) is 0 Å². The molecule has 2 aromatic carbocycles. The fraction of sp³-hybridized carbons (Fsp3) is 0.511. The van der Waals surface area contributed by atoms with E-state index >= 15 is 0 Å². The minimum atomic E-state index is -2.63. The fourth-order valence-corrected chi connectivity index (χ4v) is 10.7. The van der Waals surface area contributed by atoms with E-state index in [1.807, 2.05) is 39.0 Å². The van der Waals surface area contributed by atoms with Crippen LogP contribution in [0.25, 0.3) is 5.57 Å². The van der Waals surface area contributed by atoms with Crippen LogP contribution < -0.4 is 0 Å². The van der Waals surface area contributed by atoms with Gasteiger partial charge in [0.05, 0.1) is 5.56 Å². The molecule has 7 nitrogen and oxygen atoms in total. The number of hydrogen-bond donors (Lipinski definition) is 4. The van der Waals surface area contributed by atoms with E-state index in [2.05, 4.69) is 58.0 Å². The molecule has 7 heteroatoms. The summed E-state index contributed by atoms with van der Waals surface area (Å²) in [6.45, 7) is 17.0. The van der Waals surface area contributed by atoms with Crippen molar-refractivity contribution in [1.82, 2.24) is 0 Å². The number of benzene rings is 2. The molecule has 0 amide bonds. The highest BCUT2D eigenvalue weighted by molar-refractivity contribution is 6.25. The molecule has 288 valence electrons. The number of carbonyl (C=O) groups excluding carboxylic acids is 3. The van der Waals surface area contributed by atoms with Crippen molar-refractivity contribution in [3.05, 3.63) is 105 Å². The lowest BCUT2D eigenvalue weighted by Gasteiger charge is -2.59. The molecule has 0 radical (unpaired) electrons. The zero-order valence-corrected chi connectivity index (χ0v) is 33.5. The van der Waals surface area contributed by atoms with Gasteiger partial charge in [-0.15, -0.1) is 0 Å². The smallest absolute Gasteiger partial charge is 0.209 e. The third-order valence-electron chi connectivity index (χ3n) is 13.0. The number of carbonyl (C=O) groups is 3. The van der Waals surface area contributed by atoms with Gasteiger partial charge in [-0.1, -0.05) is 110 Å². The molecule has 0 saturated heterocycles. The Labute approximate surface area is 320 Å². The molecule has 0 aromatic heterocycles. The highest BCUT2D eigenvalue weighted by Gasteiger charge is 2.71. The van der Waals surface area contributed by atoms with E-state index in [-0.39, 0.29) is 47.3 Å². The first-order valence-corrected chi connectivity index (χ1v) is 19.8. The number of hydrogen-bond acceptors (Lipinski definition) is 7. The van der Waals surface area contributed by atoms with Crippen molar-refractivity contribution < 1.29 is 34.8 Å².